The molecule has 9 heteroatoms. The maximum absolute atomic E-state index is 14.5. The quantitative estimate of drug-likeness (QED) is 0.721. The van der Waals surface area contributed by atoms with Gasteiger partial charge in [0, 0.05) is 23.4 Å². The van der Waals surface area contributed by atoms with Crippen molar-refractivity contribution in [3.05, 3.63) is 58.7 Å². The molecule has 0 aliphatic carbocycles. The van der Waals surface area contributed by atoms with Gasteiger partial charge in [-0.3, -0.25) is 9.78 Å². The molecule has 0 fully saturated rings. The van der Waals surface area contributed by atoms with Crippen LogP contribution in [0.1, 0.15) is 10.4 Å². The van der Waals surface area contributed by atoms with Crippen LogP contribution < -0.4 is 15.2 Å². The number of halogens is 3. The lowest BCUT2D eigenvalue weighted by atomic mass is 10.0. The standard InChI is InChI=1S/C19H12ClF2N3O3/c20-11-7-14-19(28-6-5-27-14)25-17(11)9-1-4-13(24-8-9)10-2-3-12(21)15(16(10)22)18(23)26/h1-4,7-8H,5-6H2,(H2,23,26). The molecular formula is C19H12ClF2N3O3. The Morgan fingerprint density at radius 2 is 1.93 bits per heavy atom. The first kappa shape index (κ1) is 18.1. The van der Waals surface area contributed by atoms with E-state index in [1.54, 1.807) is 12.1 Å². The van der Waals surface area contributed by atoms with Crippen molar-refractivity contribution in [2.75, 3.05) is 13.2 Å². The van der Waals surface area contributed by atoms with Gasteiger partial charge in [0.1, 0.15) is 30.4 Å². The fourth-order valence-corrected chi connectivity index (χ4v) is 3.07. The number of nitrogens with two attached hydrogens (primary N) is 1. The third-order valence-electron chi connectivity index (χ3n) is 4.14. The highest BCUT2D eigenvalue weighted by atomic mass is 35.5. The zero-order valence-electron chi connectivity index (χ0n) is 14.2. The Morgan fingerprint density at radius 3 is 2.64 bits per heavy atom. The molecule has 0 atom stereocenters. The molecule has 0 bridgehead atoms. The molecule has 28 heavy (non-hydrogen) atoms. The maximum atomic E-state index is 14.5. The second-order valence-electron chi connectivity index (χ2n) is 5.90. The average Bonchev–Trinajstić information content (AvgIpc) is 2.67. The summed E-state index contributed by atoms with van der Waals surface area (Å²) in [5.41, 5.74) is 5.36. The molecule has 1 aromatic carbocycles. The molecule has 0 unspecified atom stereocenters. The van der Waals surface area contributed by atoms with Crippen molar-refractivity contribution in [1.82, 2.24) is 9.97 Å². The number of benzene rings is 1. The zero-order valence-corrected chi connectivity index (χ0v) is 15.0. The normalized spacial score (nSPS) is 12.7. The van der Waals surface area contributed by atoms with Gasteiger partial charge in [0.25, 0.3) is 11.8 Å². The number of hydrogen-bond donors (Lipinski definition) is 1. The second-order valence-corrected chi connectivity index (χ2v) is 6.31. The van der Waals surface area contributed by atoms with Crippen molar-refractivity contribution in [1.29, 1.82) is 0 Å². The van der Waals surface area contributed by atoms with E-state index in [-0.39, 0.29) is 11.3 Å². The Morgan fingerprint density at radius 1 is 1.14 bits per heavy atom. The second kappa shape index (κ2) is 7.05. The molecule has 0 radical (unpaired) electrons. The average molecular weight is 404 g/mol. The topological polar surface area (TPSA) is 87.3 Å². The van der Waals surface area contributed by atoms with Crippen molar-refractivity contribution in [2.45, 2.75) is 0 Å². The van der Waals surface area contributed by atoms with Crippen LogP contribution in [0.3, 0.4) is 0 Å². The summed E-state index contributed by atoms with van der Waals surface area (Å²) >= 11 is 6.27. The first-order chi connectivity index (χ1) is 13.5. The predicted molar refractivity (Wildman–Crippen MR) is 97.3 cm³/mol. The van der Waals surface area contributed by atoms with Gasteiger partial charge in [-0.1, -0.05) is 11.6 Å². The summed E-state index contributed by atoms with van der Waals surface area (Å²) in [6.07, 6.45) is 1.44. The maximum Gasteiger partial charge on any atom is 0.257 e. The van der Waals surface area contributed by atoms with Gasteiger partial charge in [-0.25, -0.2) is 13.8 Å². The van der Waals surface area contributed by atoms with E-state index in [4.69, 9.17) is 26.8 Å². The molecule has 6 nitrogen and oxygen atoms in total. The number of ether oxygens (including phenoxy) is 2. The minimum absolute atomic E-state index is 0.0528. The first-order valence-electron chi connectivity index (χ1n) is 8.16. The third kappa shape index (κ3) is 3.11. The van der Waals surface area contributed by atoms with Gasteiger partial charge >= 0.3 is 0 Å². The number of carbonyl (C=O) groups excluding carboxylic acids is 1. The van der Waals surface area contributed by atoms with Crippen LogP contribution in [0.2, 0.25) is 5.02 Å². The molecule has 3 heterocycles. The number of amides is 1. The van der Waals surface area contributed by atoms with Gasteiger partial charge in [-0.2, -0.15) is 0 Å². The zero-order chi connectivity index (χ0) is 19.8. The van der Waals surface area contributed by atoms with E-state index in [1.165, 1.54) is 18.3 Å². The Balaban J connectivity index is 1.73. The van der Waals surface area contributed by atoms with Crippen LogP contribution >= 0.6 is 11.6 Å². The van der Waals surface area contributed by atoms with Gasteiger partial charge in [0.15, 0.2) is 5.75 Å². The van der Waals surface area contributed by atoms with E-state index in [9.17, 15) is 13.6 Å². The molecule has 1 aliphatic heterocycles. The minimum Gasteiger partial charge on any atom is -0.484 e. The van der Waals surface area contributed by atoms with Crippen molar-refractivity contribution >= 4 is 17.5 Å². The summed E-state index contributed by atoms with van der Waals surface area (Å²) in [4.78, 5) is 19.8. The summed E-state index contributed by atoms with van der Waals surface area (Å²) in [5, 5.41) is 0.336. The molecule has 0 spiro atoms. The number of pyridine rings is 2. The molecule has 3 aromatic rings. The van der Waals surface area contributed by atoms with Crippen LogP contribution in [-0.2, 0) is 0 Å². The monoisotopic (exact) mass is 403 g/mol. The smallest absolute Gasteiger partial charge is 0.257 e. The lowest BCUT2D eigenvalue weighted by Gasteiger charge is -2.18. The molecule has 142 valence electrons. The highest BCUT2D eigenvalue weighted by Gasteiger charge is 2.21. The fourth-order valence-electron chi connectivity index (χ4n) is 2.82. The highest BCUT2D eigenvalue weighted by Crippen LogP contribution is 2.37. The van der Waals surface area contributed by atoms with Crippen LogP contribution in [0.5, 0.6) is 11.6 Å². The van der Waals surface area contributed by atoms with Crippen molar-refractivity contribution in [2.24, 2.45) is 5.73 Å². The van der Waals surface area contributed by atoms with Crippen LogP contribution in [-0.4, -0.2) is 29.1 Å². The largest absolute Gasteiger partial charge is 0.484 e. The number of carbonyl (C=O) groups is 1. The minimum atomic E-state index is -1.19. The molecular weight excluding hydrogens is 392 g/mol. The lowest BCUT2D eigenvalue weighted by molar-refractivity contribution is 0.0992. The van der Waals surface area contributed by atoms with E-state index < -0.39 is 23.1 Å². The Kier molecular flexibility index (Phi) is 4.56. The Labute approximate surface area is 162 Å². The highest BCUT2D eigenvalue weighted by molar-refractivity contribution is 6.33. The molecule has 2 aromatic heterocycles. The van der Waals surface area contributed by atoms with Crippen LogP contribution in [0, 0.1) is 11.6 Å². The molecule has 1 amide bonds. The SMILES string of the molecule is NC(=O)c1c(F)ccc(-c2ccc(-c3nc4c(cc3Cl)OCCO4)cn2)c1F. The number of primary amides is 1. The fraction of sp³-hybridized carbons (Fsp3) is 0.105. The van der Waals surface area contributed by atoms with E-state index in [0.717, 1.165) is 6.07 Å². The Bertz CT molecular complexity index is 1090. The predicted octanol–water partition coefficient (Wildman–Crippen LogP) is 3.61. The van der Waals surface area contributed by atoms with Gasteiger partial charge < -0.3 is 15.2 Å². The number of aromatic nitrogens is 2. The van der Waals surface area contributed by atoms with E-state index in [0.29, 0.717) is 41.1 Å². The molecule has 2 N–H and O–H groups in total. The van der Waals surface area contributed by atoms with E-state index >= 15 is 0 Å². The molecule has 0 saturated heterocycles. The van der Waals surface area contributed by atoms with Crippen molar-refractivity contribution < 1.29 is 23.0 Å². The summed E-state index contributed by atoms with van der Waals surface area (Å²) in [6, 6.07) is 6.89. The third-order valence-corrected chi connectivity index (χ3v) is 4.43. The number of rotatable bonds is 3. The molecule has 1 aliphatic rings. The molecule has 4 rings (SSSR count). The lowest BCUT2D eigenvalue weighted by Crippen LogP contribution is -2.16. The van der Waals surface area contributed by atoms with E-state index in [1.807, 2.05) is 0 Å². The van der Waals surface area contributed by atoms with Crippen LogP contribution in [0.15, 0.2) is 36.5 Å². The van der Waals surface area contributed by atoms with Crippen LogP contribution in [0.4, 0.5) is 8.78 Å². The summed E-state index contributed by atoms with van der Waals surface area (Å²) in [7, 11) is 0. The van der Waals surface area contributed by atoms with E-state index in [2.05, 4.69) is 9.97 Å². The van der Waals surface area contributed by atoms with Gasteiger partial charge in [-0.15, -0.1) is 0 Å². The number of nitrogens with zero attached hydrogens (tertiary/aromatic N) is 2. The van der Waals surface area contributed by atoms with Gasteiger partial charge in [0.05, 0.1) is 16.4 Å². The van der Waals surface area contributed by atoms with Gasteiger partial charge in [0.2, 0.25) is 0 Å². The van der Waals surface area contributed by atoms with Gasteiger partial charge in [-0.05, 0) is 24.3 Å². The van der Waals surface area contributed by atoms with Crippen molar-refractivity contribution in [3.63, 3.8) is 0 Å². The van der Waals surface area contributed by atoms with Crippen molar-refractivity contribution in [3.8, 4) is 34.1 Å². The molecule has 0 saturated carbocycles. The number of hydrogen-bond acceptors (Lipinski definition) is 5. The van der Waals surface area contributed by atoms with Crippen LogP contribution in [0.25, 0.3) is 22.5 Å². The summed E-state index contributed by atoms with van der Waals surface area (Å²) in [5.74, 6) is -2.51. The Hall–Kier alpha value is -3.26. The summed E-state index contributed by atoms with van der Waals surface area (Å²) in [6.45, 7) is 0.793. The summed E-state index contributed by atoms with van der Waals surface area (Å²) < 4.78 is 39.0. The first-order valence-corrected chi connectivity index (χ1v) is 8.54. The number of fused-ring (bicyclic) bond motifs is 1.